The van der Waals surface area contributed by atoms with Crippen LogP contribution >= 0.6 is 15.9 Å². The molecule has 2 aromatic rings. The second kappa shape index (κ2) is 6.54. The Hall–Kier alpha value is -2.14. The summed E-state index contributed by atoms with van der Waals surface area (Å²) in [7, 11) is 0. The van der Waals surface area contributed by atoms with Gasteiger partial charge in [0.1, 0.15) is 6.04 Å². The number of imide groups is 1. The zero-order valence-electron chi connectivity index (χ0n) is 12.8. The van der Waals surface area contributed by atoms with E-state index in [1.807, 2.05) is 42.5 Å². The first kappa shape index (κ1) is 15.7. The van der Waals surface area contributed by atoms with Crippen LogP contribution in [0.15, 0.2) is 53.0 Å². The fraction of sp³-hybridized carbons (Fsp3) is 0.222. The normalized spacial score (nSPS) is 17.7. The van der Waals surface area contributed by atoms with Crippen LogP contribution in [-0.2, 0) is 16.0 Å². The predicted octanol–water partition coefficient (Wildman–Crippen LogP) is 3.76. The van der Waals surface area contributed by atoms with Crippen LogP contribution in [0.4, 0.5) is 11.4 Å². The smallest absolute Gasteiger partial charge is 0.256 e. The Morgan fingerprint density at radius 3 is 2.57 bits per heavy atom. The van der Waals surface area contributed by atoms with Crippen molar-refractivity contribution >= 4 is 39.1 Å². The molecule has 0 unspecified atom stereocenters. The Labute approximate surface area is 143 Å². The molecule has 118 valence electrons. The van der Waals surface area contributed by atoms with E-state index < -0.39 is 6.04 Å². The van der Waals surface area contributed by atoms with Crippen LogP contribution in [0.25, 0.3) is 0 Å². The maximum Gasteiger partial charge on any atom is 0.256 e. The SMILES string of the molecule is CCc1ccccc1N[C@H]1CC(=O)N(c2ccccc2Br)C1=O. The van der Waals surface area contributed by atoms with E-state index in [2.05, 4.69) is 28.2 Å². The van der Waals surface area contributed by atoms with Crippen LogP contribution in [0.3, 0.4) is 0 Å². The molecular formula is C18H17BrN2O2. The molecular weight excluding hydrogens is 356 g/mol. The zero-order chi connectivity index (χ0) is 16.4. The fourth-order valence-corrected chi connectivity index (χ4v) is 3.25. The number of carbonyl (C=O) groups excluding carboxylic acids is 2. The lowest BCUT2D eigenvalue weighted by atomic mass is 10.1. The molecule has 5 heteroatoms. The number of aryl methyl sites for hydroxylation is 1. The molecule has 3 rings (SSSR count). The Morgan fingerprint density at radius 2 is 1.83 bits per heavy atom. The van der Waals surface area contributed by atoms with E-state index >= 15 is 0 Å². The Morgan fingerprint density at radius 1 is 1.13 bits per heavy atom. The highest BCUT2D eigenvalue weighted by atomic mass is 79.9. The molecule has 4 nitrogen and oxygen atoms in total. The molecule has 0 bridgehead atoms. The molecule has 1 saturated heterocycles. The minimum absolute atomic E-state index is 0.165. The second-order valence-electron chi connectivity index (χ2n) is 5.43. The molecule has 23 heavy (non-hydrogen) atoms. The van der Waals surface area contributed by atoms with Crippen LogP contribution in [0, 0.1) is 0 Å². The third-order valence-electron chi connectivity index (χ3n) is 3.97. The maximum absolute atomic E-state index is 12.7. The number of anilines is 2. The van der Waals surface area contributed by atoms with Gasteiger partial charge in [-0.15, -0.1) is 0 Å². The van der Waals surface area contributed by atoms with E-state index in [9.17, 15) is 9.59 Å². The summed E-state index contributed by atoms with van der Waals surface area (Å²) >= 11 is 3.40. The van der Waals surface area contributed by atoms with Gasteiger partial charge in [0.15, 0.2) is 0 Å². The van der Waals surface area contributed by atoms with E-state index in [1.54, 1.807) is 6.07 Å². The van der Waals surface area contributed by atoms with E-state index in [1.165, 1.54) is 4.90 Å². The van der Waals surface area contributed by atoms with Gasteiger partial charge in [-0.25, -0.2) is 4.90 Å². The van der Waals surface area contributed by atoms with Crippen molar-refractivity contribution in [2.24, 2.45) is 0 Å². The van der Waals surface area contributed by atoms with E-state index in [0.29, 0.717) is 5.69 Å². The predicted molar refractivity (Wildman–Crippen MR) is 94.5 cm³/mol. The highest BCUT2D eigenvalue weighted by molar-refractivity contribution is 9.10. The van der Waals surface area contributed by atoms with Crippen molar-refractivity contribution in [2.75, 3.05) is 10.2 Å². The summed E-state index contributed by atoms with van der Waals surface area (Å²) in [6, 6.07) is 14.6. The summed E-state index contributed by atoms with van der Waals surface area (Å²) in [5.41, 5.74) is 2.64. The third kappa shape index (κ3) is 3.01. The molecule has 0 radical (unpaired) electrons. The van der Waals surface area contributed by atoms with E-state index in [4.69, 9.17) is 0 Å². The molecule has 2 amide bonds. The first-order valence-corrected chi connectivity index (χ1v) is 8.37. The monoisotopic (exact) mass is 372 g/mol. The summed E-state index contributed by atoms with van der Waals surface area (Å²) in [6.07, 6.45) is 1.03. The van der Waals surface area contributed by atoms with Crippen LogP contribution in [-0.4, -0.2) is 17.9 Å². The number of rotatable bonds is 4. The van der Waals surface area contributed by atoms with Crippen molar-refractivity contribution in [1.82, 2.24) is 0 Å². The van der Waals surface area contributed by atoms with E-state index in [0.717, 1.165) is 22.1 Å². The summed E-state index contributed by atoms with van der Waals surface area (Å²) < 4.78 is 0.733. The van der Waals surface area contributed by atoms with Crippen molar-refractivity contribution in [1.29, 1.82) is 0 Å². The van der Waals surface area contributed by atoms with Crippen LogP contribution in [0.5, 0.6) is 0 Å². The van der Waals surface area contributed by atoms with Gasteiger partial charge in [0.25, 0.3) is 5.91 Å². The van der Waals surface area contributed by atoms with Gasteiger partial charge in [-0.2, -0.15) is 0 Å². The number of nitrogens with one attached hydrogen (secondary N) is 1. The average molecular weight is 373 g/mol. The number of benzene rings is 2. The molecule has 0 spiro atoms. The first-order valence-electron chi connectivity index (χ1n) is 7.57. The number of para-hydroxylation sites is 2. The standard InChI is InChI=1S/C18H17BrN2O2/c1-2-12-7-3-5-9-14(12)20-15-11-17(22)21(18(15)23)16-10-6-4-8-13(16)19/h3-10,15,20H,2,11H2,1H3/t15-/m0/s1. The van der Waals surface area contributed by atoms with Gasteiger partial charge in [0, 0.05) is 10.2 Å². The second-order valence-corrected chi connectivity index (χ2v) is 6.28. The Bertz CT molecular complexity index is 760. The molecule has 0 aromatic heterocycles. The van der Waals surface area contributed by atoms with Gasteiger partial charge >= 0.3 is 0 Å². The summed E-state index contributed by atoms with van der Waals surface area (Å²) in [5.74, 6) is -0.402. The van der Waals surface area contributed by atoms with Gasteiger partial charge < -0.3 is 5.32 Å². The molecule has 0 saturated carbocycles. The van der Waals surface area contributed by atoms with Crippen LogP contribution < -0.4 is 10.2 Å². The van der Waals surface area contributed by atoms with Crippen LogP contribution in [0.2, 0.25) is 0 Å². The number of hydrogen-bond acceptors (Lipinski definition) is 3. The van der Waals surface area contributed by atoms with Gasteiger partial charge in [-0.1, -0.05) is 37.3 Å². The lowest BCUT2D eigenvalue weighted by molar-refractivity contribution is -0.121. The Kier molecular flexibility index (Phi) is 4.48. The van der Waals surface area contributed by atoms with Gasteiger partial charge in [0.05, 0.1) is 12.1 Å². The van der Waals surface area contributed by atoms with Crippen molar-refractivity contribution in [3.63, 3.8) is 0 Å². The van der Waals surface area contributed by atoms with Gasteiger partial charge in [-0.3, -0.25) is 9.59 Å². The first-order chi connectivity index (χ1) is 11.1. The highest BCUT2D eigenvalue weighted by Gasteiger charge is 2.40. The number of halogens is 1. The number of amides is 2. The lowest BCUT2D eigenvalue weighted by Crippen LogP contribution is -2.35. The molecule has 1 heterocycles. The molecule has 1 aliphatic rings. The lowest BCUT2D eigenvalue weighted by Gasteiger charge is -2.18. The molecule has 1 fully saturated rings. The van der Waals surface area contributed by atoms with Crippen LogP contribution in [0.1, 0.15) is 18.9 Å². The Balaban J connectivity index is 1.86. The molecule has 1 atom stereocenters. The fourth-order valence-electron chi connectivity index (χ4n) is 2.79. The largest absolute Gasteiger partial charge is 0.373 e. The summed E-state index contributed by atoms with van der Waals surface area (Å²) in [4.78, 5) is 26.3. The van der Waals surface area contributed by atoms with E-state index in [-0.39, 0.29) is 18.2 Å². The van der Waals surface area contributed by atoms with Crippen molar-refractivity contribution in [2.45, 2.75) is 25.8 Å². The quantitative estimate of drug-likeness (QED) is 0.831. The molecule has 1 N–H and O–H groups in total. The molecule has 1 aliphatic heterocycles. The zero-order valence-corrected chi connectivity index (χ0v) is 14.3. The summed E-state index contributed by atoms with van der Waals surface area (Å²) in [6.45, 7) is 2.07. The van der Waals surface area contributed by atoms with Crippen molar-refractivity contribution in [3.05, 3.63) is 58.6 Å². The number of carbonyl (C=O) groups is 2. The molecule has 0 aliphatic carbocycles. The highest BCUT2D eigenvalue weighted by Crippen LogP contribution is 2.31. The minimum Gasteiger partial charge on any atom is -0.373 e. The average Bonchev–Trinajstić information content (AvgIpc) is 2.83. The van der Waals surface area contributed by atoms with Gasteiger partial charge in [0.2, 0.25) is 5.91 Å². The molecule has 2 aromatic carbocycles. The third-order valence-corrected chi connectivity index (χ3v) is 4.64. The number of hydrogen-bond donors (Lipinski definition) is 1. The number of nitrogens with zero attached hydrogens (tertiary/aromatic N) is 1. The van der Waals surface area contributed by atoms with Crippen molar-refractivity contribution in [3.8, 4) is 0 Å². The topological polar surface area (TPSA) is 49.4 Å². The van der Waals surface area contributed by atoms with Gasteiger partial charge in [-0.05, 0) is 46.1 Å². The minimum atomic E-state index is -0.526. The van der Waals surface area contributed by atoms with Crippen molar-refractivity contribution < 1.29 is 9.59 Å². The maximum atomic E-state index is 12.7. The summed E-state index contributed by atoms with van der Waals surface area (Å²) in [5, 5.41) is 3.23.